The van der Waals surface area contributed by atoms with Crippen LogP contribution in [0.3, 0.4) is 0 Å². The molecule has 33 heavy (non-hydrogen) atoms. The highest BCUT2D eigenvalue weighted by Gasteiger charge is 2.36. The Balaban J connectivity index is 1.58. The third-order valence-electron chi connectivity index (χ3n) is 6.90. The number of hydrogen-bond acceptors (Lipinski definition) is 4. The minimum Gasteiger partial charge on any atom is -0.415 e. The fraction of sp³-hybridized carbons (Fsp3) is 0.542. The molecule has 2 aromatic heterocycles. The van der Waals surface area contributed by atoms with Gasteiger partial charge in [-0.3, -0.25) is 0 Å². The van der Waals surface area contributed by atoms with E-state index in [2.05, 4.69) is 49.3 Å². The number of aromatic nitrogens is 3. The zero-order valence-corrected chi connectivity index (χ0v) is 22.6. The van der Waals surface area contributed by atoms with Crippen molar-refractivity contribution in [3.63, 3.8) is 0 Å². The van der Waals surface area contributed by atoms with Gasteiger partial charge in [0.25, 0.3) is 0 Å². The van der Waals surface area contributed by atoms with E-state index < -0.39 is 8.32 Å². The number of rotatable bonds is 7. The molecule has 0 saturated carbocycles. The lowest BCUT2D eigenvalue weighted by molar-refractivity contribution is -0.0394. The number of nitrogens with one attached hydrogen (secondary N) is 2. The largest absolute Gasteiger partial charge is 0.415 e. The lowest BCUT2D eigenvalue weighted by Crippen LogP contribution is -2.41. The van der Waals surface area contributed by atoms with E-state index in [4.69, 9.17) is 32.4 Å². The van der Waals surface area contributed by atoms with Crippen LogP contribution in [0.4, 0.5) is 5.69 Å². The number of anilines is 1. The van der Waals surface area contributed by atoms with Gasteiger partial charge in [0.05, 0.1) is 28.4 Å². The summed E-state index contributed by atoms with van der Waals surface area (Å²) >= 11 is 13.0. The smallest absolute Gasteiger partial charge is 0.192 e. The van der Waals surface area contributed by atoms with Crippen LogP contribution in [0, 0.1) is 0 Å². The molecule has 1 aromatic carbocycles. The zero-order valence-electron chi connectivity index (χ0n) is 20.1. The Morgan fingerprint density at radius 2 is 2.09 bits per heavy atom. The van der Waals surface area contributed by atoms with Gasteiger partial charge in [0, 0.05) is 47.7 Å². The van der Waals surface area contributed by atoms with Gasteiger partial charge in [-0.15, -0.1) is 0 Å². The van der Waals surface area contributed by atoms with Crippen LogP contribution in [0.25, 0.3) is 22.0 Å². The summed E-state index contributed by atoms with van der Waals surface area (Å²) in [5.41, 5.74) is 3.78. The van der Waals surface area contributed by atoms with Crippen molar-refractivity contribution in [2.45, 2.75) is 64.4 Å². The second kappa shape index (κ2) is 9.62. The van der Waals surface area contributed by atoms with E-state index in [0.717, 1.165) is 53.6 Å². The van der Waals surface area contributed by atoms with Gasteiger partial charge in [-0.1, -0.05) is 44.0 Å². The molecule has 3 aromatic rings. The lowest BCUT2D eigenvalue weighted by atomic mass is 10.1. The van der Waals surface area contributed by atoms with Gasteiger partial charge in [0.15, 0.2) is 8.32 Å². The minimum absolute atomic E-state index is 0.000759. The molecule has 3 heterocycles. The van der Waals surface area contributed by atoms with Gasteiger partial charge in [-0.25, -0.2) is 4.68 Å². The van der Waals surface area contributed by atoms with Crippen LogP contribution in [-0.2, 0) is 9.16 Å². The average molecular weight is 510 g/mol. The molecule has 1 aliphatic rings. The highest BCUT2D eigenvalue weighted by molar-refractivity contribution is 6.74. The Bertz CT molecular complexity index is 1110. The highest BCUT2D eigenvalue weighted by Crippen LogP contribution is 2.41. The molecular weight excluding hydrogens is 475 g/mol. The lowest BCUT2D eigenvalue weighted by Gasteiger charge is -2.36. The Hall–Kier alpha value is -1.51. The number of halogens is 2. The highest BCUT2D eigenvalue weighted by atomic mass is 35.5. The Kier molecular flexibility index (Phi) is 7.17. The fourth-order valence-electron chi connectivity index (χ4n) is 3.90. The van der Waals surface area contributed by atoms with Gasteiger partial charge in [0.2, 0.25) is 0 Å². The van der Waals surface area contributed by atoms with E-state index in [1.165, 1.54) is 0 Å². The monoisotopic (exact) mass is 508 g/mol. The summed E-state index contributed by atoms with van der Waals surface area (Å²) in [6.45, 7) is 13.4. The van der Waals surface area contributed by atoms with Crippen molar-refractivity contribution in [1.82, 2.24) is 14.8 Å². The standard InChI is InChI=1S/C24H34Cl2N4O2Si/c1-24(2,3)33(4,5)32-11-9-27-19-12-18(25)22(26)23-21(19)17(14-28-23)16-13-29-30(15-16)20-8-6-7-10-31-20/h12-15,20,27-28H,6-11H2,1-5H3. The summed E-state index contributed by atoms with van der Waals surface area (Å²) in [4.78, 5) is 3.31. The van der Waals surface area contributed by atoms with E-state index in [0.29, 0.717) is 23.2 Å². The maximum atomic E-state index is 6.55. The van der Waals surface area contributed by atoms with Crippen molar-refractivity contribution in [3.05, 3.63) is 34.7 Å². The van der Waals surface area contributed by atoms with Gasteiger partial charge in [-0.05, 0) is 43.5 Å². The molecule has 1 aliphatic heterocycles. The molecule has 0 spiro atoms. The number of aromatic amines is 1. The first kappa shape index (κ1) is 24.6. The molecule has 6 nitrogen and oxygen atoms in total. The van der Waals surface area contributed by atoms with Crippen LogP contribution in [0.2, 0.25) is 28.2 Å². The van der Waals surface area contributed by atoms with Gasteiger partial charge in [-0.2, -0.15) is 5.10 Å². The summed E-state index contributed by atoms with van der Waals surface area (Å²) in [5, 5.41) is 10.3. The molecule has 180 valence electrons. The molecule has 1 fully saturated rings. The number of nitrogens with zero attached hydrogens (tertiary/aromatic N) is 2. The van der Waals surface area contributed by atoms with Crippen molar-refractivity contribution in [2.75, 3.05) is 25.1 Å². The predicted octanol–water partition coefficient (Wildman–Crippen LogP) is 7.47. The second-order valence-electron chi connectivity index (χ2n) is 10.2. The van der Waals surface area contributed by atoms with E-state index in [1.54, 1.807) is 0 Å². The molecule has 0 bridgehead atoms. The topological polar surface area (TPSA) is 64.1 Å². The molecule has 1 atom stereocenters. The molecule has 0 aliphatic carbocycles. The fourth-order valence-corrected chi connectivity index (χ4v) is 5.35. The van der Waals surface area contributed by atoms with E-state index >= 15 is 0 Å². The summed E-state index contributed by atoms with van der Waals surface area (Å²) in [6, 6.07) is 1.89. The molecule has 1 unspecified atom stereocenters. The zero-order chi connectivity index (χ0) is 23.8. The summed E-state index contributed by atoms with van der Waals surface area (Å²) < 4.78 is 14.1. The van der Waals surface area contributed by atoms with E-state index in [9.17, 15) is 0 Å². The Morgan fingerprint density at radius 3 is 2.79 bits per heavy atom. The number of H-pyrrole nitrogens is 1. The third-order valence-corrected chi connectivity index (χ3v) is 12.2. The molecule has 9 heteroatoms. The molecular formula is C24H34Cl2N4O2Si. The van der Waals surface area contributed by atoms with Crippen molar-refractivity contribution in [1.29, 1.82) is 0 Å². The predicted molar refractivity (Wildman–Crippen MR) is 140 cm³/mol. The maximum Gasteiger partial charge on any atom is 0.192 e. The number of fused-ring (bicyclic) bond motifs is 1. The number of benzene rings is 1. The second-order valence-corrected chi connectivity index (χ2v) is 15.8. The van der Waals surface area contributed by atoms with Crippen molar-refractivity contribution < 1.29 is 9.16 Å². The van der Waals surface area contributed by atoms with Crippen LogP contribution in [0.1, 0.15) is 46.3 Å². The molecule has 1 saturated heterocycles. The first-order valence-electron chi connectivity index (χ1n) is 11.6. The first-order valence-corrected chi connectivity index (χ1v) is 15.3. The number of ether oxygens (including phenoxy) is 1. The van der Waals surface area contributed by atoms with Crippen molar-refractivity contribution in [2.24, 2.45) is 0 Å². The van der Waals surface area contributed by atoms with Gasteiger partial charge < -0.3 is 19.5 Å². The van der Waals surface area contributed by atoms with Crippen LogP contribution in [0.5, 0.6) is 0 Å². The molecule has 2 N–H and O–H groups in total. The van der Waals surface area contributed by atoms with Crippen LogP contribution in [0.15, 0.2) is 24.7 Å². The summed E-state index contributed by atoms with van der Waals surface area (Å²) in [5.74, 6) is 0. The first-order chi connectivity index (χ1) is 15.6. The summed E-state index contributed by atoms with van der Waals surface area (Å²) in [7, 11) is -1.80. The van der Waals surface area contributed by atoms with Gasteiger partial charge in [0.1, 0.15) is 6.23 Å². The van der Waals surface area contributed by atoms with Crippen molar-refractivity contribution in [3.8, 4) is 11.1 Å². The van der Waals surface area contributed by atoms with Crippen molar-refractivity contribution >= 4 is 48.1 Å². The average Bonchev–Trinajstić information content (AvgIpc) is 3.42. The molecule has 0 amide bonds. The minimum atomic E-state index is -1.80. The quantitative estimate of drug-likeness (QED) is 0.256. The normalized spacial score (nSPS) is 17.6. The molecule has 4 rings (SSSR count). The van der Waals surface area contributed by atoms with E-state index in [-0.39, 0.29) is 11.3 Å². The Labute approximate surface area is 207 Å². The van der Waals surface area contributed by atoms with Gasteiger partial charge >= 0.3 is 0 Å². The number of hydrogen-bond donors (Lipinski definition) is 2. The maximum absolute atomic E-state index is 6.55. The van der Waals surface area contributed by atoms with Crippen LogP contribution < -0.4 is 5.32 Å². The molecule has 0 radical (unpaired) electrons. The SMILES string of the molecule is CC(C)(C)[Si](C)(C)OCCNc1cc(Cl)c(Cl)c2[nH]cc(-c3cnn(C4CCCCO4)c3)c12. The van der Waals surface area contributed by atoms with Crippen LogP contribution in [-0.4, -0.2) is 42.8 Å². The summed E-state index contributed by atoms with van der Waals surface area (Å²) in [6.07, 6.45) is 9.15. The van der Waals surface area contributed by atoms with E-state index in [1.807, 2.05) is 29.3 Å². The third kappa shape index (κ3) is 5.12. The van der Waals surface area contributed by atoms with Crippen LogP contribution >= 0.6 is 23.2 Å². The Morgan fingerprint density at radius 1 is 1.30 bits per heavy atom.